The first kappa shape index (κ1) is 16.2. The van der Waals surface area contributed by atoms with E-state index in [1.54, 1.807) is 0 Å². The van der Waals surface area contributed by atoms with E-state index in [4.69, 9.17) is 5.11 Å². The summed E-state index contributed by atoms with van der Waals surface area (Å²) in [6.45, 7) is 4.59. The first-order valence-electron chi connectivity index (χ1n) is 7.07. The molecule has 1 aromatic carbocycles. The van der Waals surface area contributed by atoms with Crippen LogP contribution in [0.2, 0.25) is 0 Å². The SMILES string of the molecule is Cc1cc(C)cc(C(=O)NCCCCCCC(=O)O)c1. The van der Waals surface area contributed by atoms with Crippen LogP contribution < -0.4 is 5.32 Å². The summed E-state index contributed by atoms with van der Waals surface area (Å²) in [7, 11) is 0. The number of benzene rings is 1. The summed E-state index contributed by atoms with van der Waals surface area (Å²) in [5, 5.41) is 11.4. The second kappa shape index (κ2) is 8.35. The van der Waals surface area contributed by atoms with Gasteiger partial charge >= 0.3 is 5.97 Å². The lowest BCUT2D eigenvalue weighted by atomic mass is 10.1. The number of hydrogen-bond acceptors (Lipinski definition) is 2. The molecule has 0 fully saturated rings. The normalized spacial score (nSPS) is 10.3. The van der Waals surface area contributed by atoms with Gasteiger partial charge in [0.05, 0.1) is 0 Å². The highest BCUT2D eigenvalue weighted by atomic mass is 16.4. The Morgan fingerprint density at radius 1 is 1.00 bits per heavy atom. The van der Waals surface area contributed by atoms with Gasteiger partial charge in [0.2, 0.25) is 0 Å². The number of carboxylic acids is 1. The molecule has 20 heavy (non-hydrogen) atoms. The van der Waals surface area contributed by atoms with Crippen LogP contribution in [0.5, 0.6) is 0 Å². The average molecular weight is 277 g/mol. The molecule has 0 spiro atoms. The molecule has 0 radical (unpaired) electrons. The van der Waals surface area contributed by atoms with Crippen LogP contribution in [0.3, 0.4) is 0 Å². The zero-order valence-corrected chi connectivity index (χ0v) is 12.2. The number of amides is 1. The topological polar surface area (TPSA) is 66.4 Å². The van der Waals surface area contributed by atoms with Crippen molar-refractivity contribution in [1.82, 2.24) is 5.32 Å². The predicted molar refractivity (Wildman–Crippen MR) is 79.0 cm³/mol. The van der Waals surface area contributed by atoms with Crippen LogP contribution in [0.1, 0.15) is 53.6 Å². The molecular formula is C16H23NO3. The van der Waals surface area contributed by atoms with Gasteiger partial charge in [-0.25, -0.2) is 0 Å². The molecule has 0 aliphatic carbocycles. The lowest BCUT2D eigenvalue weighted by molar-refractivity contribution is -0.137. The van der Waals surface area contributed by atoms with Crippen LogP contribution in [-0.4, -0.2) is 23.5 Å². The molecule has 0 atom stereocenters. The monoisotopic (exact) mass is 277 g/mol. The van der Waals surface area contributed by atoms with Crippen LogP contribution in [-0.2, 0) is 4.79 Å². The quantitative estimate of drug-likeness (QED) is 0.718. The van der Waals surface area contributed by atoms with Crippen LogP contribution >= 0.6 is 0 Å². The van der Waals surface area contributed by atoms with E-state index in [9.17, 15) is 9.59 Å². The molecule has 4 heteroatoms. The Morgan fingerprint density at radius 2 is 1.60 bits per heavy atom. The number of aryl methyl sites for hydroxylation is 2. The Kier molecular flexibility index (Phi) is 6.77. The van der Waals surface area contributed by atoms with Crippen molar-refractivity contribution in [3.63, 3.8) is 0 Å². The van der Waals surface area contributed by atoms with Gasteiger partial charge in [0.25, 0.3) is 5.91 Å². The van der Waals surface area contributed by atoms with Gasteiger partial charge in [-0.3, -0.25) is 9.59 Å². The summed E-state index contributed by atoms with van der Waals surface area (Å²) >= 11 is 0. The third-order valence-corrected chi connectivity index (χ3v) is 3.09. The molecule has 0 aromatic heterocycles. The van der Waals surface area contributed by atoms with E-state index >= 15 is 0 Å². The Morgan fingerprint density at radius 3 is 2.20 bits per heavy atom. The van der Waals surface area contributed by atoms with E-state index in [1.165, 1.54) is 0 Å². The molecule has 0 bridgehead atoms. The van der Waals surface area contributed by atoms with Gasteiger partial charge in [-0.1, -0.05) is 30.0 Å². The van der Waals surface area contributed by atoms with Gasteiger partial charge in [0.1, 0.15) is 0 Å². The lowest BCUT2D eigenvalue weighted by Gasteiger charge is -2.07. The zero-order valence-electron chi connectivity index (χ0n) is 12.2. The molecular weight excluding hydrogens is 254 g/mol. The van der Waals surface area contributed by atoms with Crippen molar-refractivity contribution in [3.8, 4) is 0 Å². The third kappa shape index (κ3) is 6.36. The molecule has 0 heterocycles. The molecule has 1 amide bonds. The number of rotatable bonds is 8. The smallest absolute Gasteiger partial charge is 0.303 e. The summed E-state index contributed by atoms with van der Waals surface area (Å²) < 4.78 is 0. The highest BCUT2D eigenvalue weighted by Crippen LogP contribution is 2.09. The minimum absolute atomic E-state index is 0.0395. The fourth-order valence-electron chi connectivity index (χ4n) is 2.16. The Balaban J connectivity index is 2.21. The number of carbonyl (C=O) groups excluding carboxylic acids is 1. The van der Waals surface area contributed by atoms with Crippen molar-refractivity contribution in [3.05, 3.63) is 34.9 Å². The fraction of sp³-hybridized carbons (Fsp3) is 0.500. The highest BCUT2D eigenvalue weighted by molar-refractivity contribution is 5.94. The Bertz CT molecular complexity index is 449. The molecule has 110 valence electrons. The van der Waals surface area contributed by atoms with Crippen molar-refractivity contribution in [2.75, 3.05) is 6.54 Å². The summed E-state index contributed by atoms with van der Waals surface area (Å²) in [6, 6.07) is 5.81. The number of unbranched alkanes of at least 4 members (excludes halogenated alkanes) is 3. The maximum atomic E-state index is 11.9. The molecule has 0 saturated heterocycles. The minimum atomic E-state index is -0.742. The maximum Gasteiger partial charge on any atom is 0.303 e. The molecule has 0 unspecified atom stereocenters. The minimum Gasteiger partial charge on any atom is -0.481 e. The zero-order chi connectivity index (χ0) is 15.0. The largest absolute Gasteiger partial charge is 0.481 e. The third-order valence-electron chi connectivity index (χ3n) is 3.09. The van der Waals surface area contributed by atoms with Crippen molar-refractivity contribution < 1.29 is 14.7 Å². The second-order valence-electron chi connectivity index (χ2n) is 5.19. The lowest BCUT2D eigenvalue weighted by Crippen LogP contribution is -2.24. The van der Waals surface area contributed by atoms with Crippen LogP contribution in [0.15, 0.2) is 18.2 Å². The molecule has 2 N–H and O–H groups in total. The van der Waals surface area contributed by atoms with Crippen LogP contribution in [0.4, 0.5) is 0 Å². The Hall–Kier alpha value is -1.84. The maximum absolute atomic E-state index is 11.9. The number of nitrogens with one attached hydrogen (secondary N) is 1. The number of aliphatic carboxylic acids is 1. The molecule has 1 rings (SSSR count). The van der Waals surface area contributed by atoms with Crippen LogP contribution in [0, 0.1) is 13.8 Å². The summed E-state index contributed by atoms with van der Waals surface area (Å²) in [4.78, 5) is 22.3. The van der Waals surface area contributed by atoms with Gasteiger partial charge in [0.15, 0.2) is 0 Å². The highest BCUT2D eigenvalue weighted by Gasteiger charge is 2.05. The second-order valence-corrected chi connectivity index (χ2v) is 5.19. The van der Waals surface area contributed by atoms with Gasteiger partial charge in [-0.15, -0.1) is 0 Å². The molecule has 1 aromatic rings. The summed E-state index contributed by atoms with van der Waals surface area (Å²) in [5.41, 5.74) is 2.88. The molecule has 0 aliphatic rings. The number of carboxylic acid groups (broad SMARTS) is 1. The van der Waals surface area contributed by atoms with Crippen molar-refractivity contribution in [2.45, 2.75) is 46.0 Å². The molecule has 0 saturated carbocycles. The van der Waals surface area contributed by atoms with Crippen molar-refractivity contribution >= 4 is 11.9 Å². The van der Waals surface area contributed by atoms with Gasteiger partial charge in [-0.2, -0.15) is 0 Å². The number of carbonyl (C=O) groups is 2. The van der Waals surface area contributed by atoms with E-state index in [0.717, 1.165) is 30.4 Å². The summed E-state index contributed by atoms with van der Waals surface area (Å²) in [6.07, 6.45) is 3.66. The summed E-state index contributed by atoms with van der Waals surface area (Å²) in [5.74, 6) is -0.782. The van der Waals surface area contributed by atoms with E-state index in [-0.39, 0.29) is 12.3 Å². The van der Waals surface area contributed by atoms with E-state index in [1.807, 2.05) is 32.0 Å². The van der Waals surface area contributed by atoms with Crippen molar-refractivity contribution in [2.24, 2.45) is 0 Å². The van der Waals surface area contributed by atoms with Gasteiger partial charge in [-0.05, 0) is 38.8 Å². The fourth-order valence-corrected chi connectivity index (χ4v) is 2.16. The first-order chi connectivity index (χ1) is 9.49. The predicted octanol–water partition coefficient (Wildman–Crippen LogP) is 3.07. The van der Waals surface area contributed by atoms with E-state index in [0.29, 0.717) is 18.5 Å². The molecule has 0 aliphatic heterocycles. The first-order valence-corrected chi connectivity index (χ1v) is 7.07. The average Bonchev–Trinajstić information content (AvgIpc) is 2.35. The van der Waals surface area contributed by atoms with Crippen LogP contribution in [0.25, 0.3) is 0 Å². The Labute approximate surface area is 120 Å². The van der Waals surface area contributed by atoms with E-state index < -0.39 is 5.97 Å². The van der Waals surface area contributed by atoms with Gasteiger partial charge < -0.3 is 10.4 Å². The number of hydrogen-bond donors (Lipinski definition) is 2. The standard InChI is InChI=1S/C16H23NO3/c1-12-9-13(2)11-14(10-12)16(20)17-8-6-4-3-5-7-15(18)19/h9-11H,3-8H2,1-2H3,(H,17,20)(H,18,19). The molecule has 4 nitrogen and oxygen atoms in total. The van der Waals surface area contributed by atoms with E-state index in [2.05, 4.69) is 5.32 Å². The van der Waals surface area contributed by atoms with Gasteiger partial charge in [0, 0.05) is 18.5 Å². The van der Waals surface area contributed by atoms with Crippen molar-refractivity contribution in [1.29, 1.82) is 0 Å².